The second-order valence-corrected chi connectivity index (χ2v) is 7.43. The van der Waals surface area contributed by atoms with Crippen LogP contribution in [0.1, 0.15) is 11.1 Å². The maximum Gasteiger partial charge on any atom is 0.129 e. The van der Waals surface area contributed by atoms with Gasteiger partial charge in [-0.15, -0.1) is 0 Å². The van der Waals surface area contributed by atoms with Crippen LogP contribution >= 0.6 is 39.1 Å². The molecule has 3 aromatic rings. The molecule has 0 unspecified atom stereocenters. The number of halogens is 4. The summed E-state index contributed by atoms with van der Waals surface area (Å²) in [6.07, 6.45) is 0. The molecule has 0 bridgehead atoms. The second-order valence-electron chi connectivity index (χ2n) is 5.64. The molecular weight excluding hydrogens is 440 g/mol. The summed E-state index contributed by atoms with van der Waals surface area (Å²) in [4.78, 5) is 0. The van der Waals surface area contributed by atoms with Gasteiger partial charge in [-0.2, -0.15) is 0 Å². The number of benzene rings is 3. The average molecular weight is 455 g/mol. The molecule has 0 saturated heterocycles. The minimum absolute atomic E-state index is 0.157. The fourth-order valence-corrected chi connectivity index (χ4v) is 3.39. The third-order valence-corrected chi connectivity index (χ3v) is 4.64. The smallest absolute Gasteiger partial charge is 0.129 e. The van der Waals surface area contributed by atoms with Crippen LogP contribution in [0.4, 0.5) is 10.1 Å². The van der Waals surface area contributed by atoms with Gasteiger partial charge in [-0.25, -0.2) is 4.39 Å². The molecular formula is C20H15BrCl2FNO. The van der Waals surface area contributed by atoms with Crippen molar-refractivity contribution in [3.05, 3.63) is 92.1 Å². The minimum Gasteiger partial charge on any atom is -0.488 e. The zero-order chi connectivity index (χ0) is 18.5. The van der Waals surface area contributed by atoms with Crippen LogP contribution in [-0.4, -0.2) is 0 Å². The molecule has 0 radical (unpaired) electrons. The van der Waals surface area contributed by atoms with Gasteiger partial charge in [0.25, 0.3) is 0 Å². The molecule has 0 heterocycles. The summed E-state index contributed by atoms with van der Waals surface area (Å²) in [6.45, 7) is 0.660. The van der Waals surface area contributed by atoms with Gasteiger partial charge in [-0.05, 0) is 42.5 Å². The van der Waals surface area contributed by atoms with E-state index in [0.717, 1.165) is 15.7 Å². The normalized spacial score (nSPS) is 10.6. The van der Waals surface area contributed by atoms with E-state index in [9.17, 15) is 4.39 Å². The van der Waals surface area contributed by atoms with Gasteiger partial charge < -0.3 is 10.1 Å². The Morgan fingerprint density at radius 3 is 2.38 bits per heavy atom. The number of hydrogen-bond acceptors (Lipinski definition) is 2. The van der Waals surface area contributed by atoms with Crippen LogP contribution in [-0.2, 0) is 13.2 Å². The molecule has 0 atom stereocenters. The summed E-state index contributed by atoms with van der Waals surface area (Å²) in [5.41, 5.74) is 2.24. The Kier molecular flexibility index (Phi) is 6.41. The highest BCUT2D eigenvalue weighted by molar-refractivity contribution is 9.10. The van der Waals surface area contributed by atoms with Crippen LogP contribution in [0, 0.1) is 5.82 Å². The monoisotopic (exact) mass is 453 g/mol. The maximum absolute atomic E-state index is 13.8. The fraction of sp³-hybridized carbons (Fsp3) is 0.100. The van der Waals surface area contributed by atoms with Crippen molar-refractivity contribution in [3.63, 3.8) is 0 Å². The Morgan fingerprint density at radius 1 is 0.923 bits per heavy atom. The first kappa shape index (κ1) is 19.0. The molecule has 0 amide bonds. The van der Waals surface area contributed by atoms with Crippen molar-refractivity contribution >= 4 is 44.8 Å². The summed E-state index contributed by atoms with van der Waals surface area (Å²) in [6, 6.07) is 17.5. The minimum atomic E-state index is -0.280. The largest absolute Gasteiger partial charge is 0.488 e. The van der Waals surface area contributed by atoms with Crippen molar-refractivity contribution in [2.45, 2.75) is 13.2 Å². The SMILES string of the molecule is Fc1ccccc1COc1ccc(Br)cc1CNc1cc(Cl)cc(Cl)c1. The molecule has 1 N–H and O–H groups in total. The summed E-state index contributed by atoms with van der Waals surface area (Å²) in [7, 11) is 0. The van der Waals surface area contributed by atoms with Gasteiger partial charge in [0.2, 0.25) is 0 Å². The average Bonchev–Trinajstić information content (AvgIpc) is 2.59. The van der Waals surface area contributed by atoms with Crippen molar-refractivity contribution in [1.82, 2.24) is 0 Å². The molecule has 0 fully saturated rings. The van der Waals surface area contributed by atoms with Crippen LogP contribution in [0.2, 0.25) is 10.0 Å². The highest BCUT2D eigenvalue weighted by Crippen LogP contribution is 2.27. The second kappa shape index (κ2) is 8.76. The number of hydrogen-bond donors (Lipinski definition) is 1. The first-order valence-corrected chi connectivity index (χ1v) is 9.41. The molecule has 2 nitrogen and oxygen atoms in total. The Morgan fingerprint density at radius 2 is 1.65 bits per heavy atom. The molecule has 6 heteroatoms. The zero-order valence-electron chi connectivity index (χ0n) is 13.6. The van der Waals surface area contributed by atoms with Gasteiger partial charge >= 0.3 is 0 Å². The number of ether oxygens (including phenoxy) is 1. The highest BCUT2D eigenvalue weighted by atomic mass is 79.9. The van der Waals surface area contributed by atoms with E-state index in [2.05, 4.69) is 21.2 Å². The highest BCUT2D eigenvalue weighted by Gasteiger charge is 2.08. The number of nitrogens with one attached hydrogen (secondary N) is 1. The lowest BCUT2D eigenvalue weighted by Gasteiger charge is -2.14. The van der Waals surface area contributed by atoms with Crippen molar-refractivity contribution < 1.29 is 9.13 Å². The topological polar surface area (TPSA) is 21.3 Å². The third-order valence-electron chi connectivity index (χ3n) is 3.71. The summed E-state index contributed by atoms with van der Waals surface area (Å²) in [5.74, 6) is 0.398. The van der Waals surface area contributed by atoms with Crippen molar-refractivity contribution in [2.24, 2.45) is 0 Å². The Labute approximate surface area is 170 Å². The lowest BCUT2D eigenvalue weighted by atomic mass is 10.2. The quantitative estimate of drug-likeness (QED) is 0.429. The van der Waals surface area contributed by atoms with Gasteiger partial charge in [0, 0.05) is 37.9 Å². The van der Waals surface area contributed by atoms with Gasteiger partial charge in [0.05, 0.1) is 0 Å². The van der Waals surface area contributed by atoms with E-state index < -0.39 is 0 Å². The van der Waals surface area contributed by atoms with Gasteiger partial charge in [-0.1, -0.05) is 57.3 Å². The van der Waals surface area contributed by atoms with Gasteiger partial charge in [0.1, 0.15) is 18.2 Å². The third kappa shape index (κ3) is 5.13. The van der Waals surface area contributed by atoms with E-state index in [1.165, 1.54) is 6.07 Å². The van der Waals surface area contributed by atoms with E-state index in [0.29, 0.717) is 27.9 Å². The molecule has 0 saturated carbocycles. The van der Waals surface area contributed by atoms with Crippen LogP contribution in [0.25, 0.3) is 0 Å². The molecule has 0 aromatic heterocycles. The predicted octanol–water partition coefficient (Wildman–Crippen LogP) is 7.09. The fourth-order valence-electron chi connectivity index (χ4n) is 2.45. The van der Waals surface area contributed by atoms with Crippen LogP contribution in [0.15, 0.2) is 65.1 Å². The molecule has 0 aliphatic carbocycles. The molecule has 0 aliphatic heterocycles. The number of rotatable bonds is 6. The van der Waals surface area contributed by atoms with Crippen LogP contribution in [0.5, 0.6) is 5.75 Å². The first-order chi connectivity index (χ1) is 12.5. The maximum atomic E-state index is 13.8. The molecule has 3 aromatic carbocycles. The van der Waals surface area contributed by atoms with E-state index in [1.54, 1.807) is 36.4 Å². The number of anilines is 1. The first-order valence-electron chi connectivity index (χ1n) is 7.86. The summed E-state index contributed by atoms with van der Waals surface area (Å²) < 4.78 is 20.5. The lowest BCUT2D eigenvalue weighted by Crippen LogP contribution is -2.04. The van der Waals surface area contributed by atoms with Crippen molar-refractivity contribution in [2.75, 3.05) is 5.32 Å². The molecule has 0 aliphatic rings. The lowest BCUT2D eigenvalue weighted by molar-refractivity contribution is 0.297. The van der Waals surface area contributed by atoms with Crippen molar-refractivity contribution in [3.8, 4) is 5.75 Å². The van der Waals surface area contributed by atoms with E-state index >= 15 is 0 Å². The Bertz CT molecular complexity index is 900. The Hall–Kier alpha value is -1.75. The van der Waals surface area contributed by atoms with E-state index in [-0.39, 0.29) is 12.4 Å². The summed E-state index contributed by atoms with van der Waals surface area (Å²) >= 11 is 15.5. The molecule has 26 heavy (non-hydrogen) atoms. The zero-order valence-corrected chi connectivity index (χ0v) is 16.7. The van der Waals surface area contributed by atoms with Crippen LogP contribution in [0.3, 0.4) is 0 Å². The van der Waals surface area contributed by atoms with Gasteiger partial charge in [0.15, 0.2) is 0 Å². The van der Waals surface area contributed by atoms with E-state index in [1.807, 2.05) is 18.2 Å². The molecule has 134 valence electrons. The molecule has 0 spiro atoms. The predicted molar refractivity (Wildman–Crippen MR) is 109 cm³/mol. The summed E-state index contributed by atoms with van der Waals surface area (Å²) in [5, 5.41) is 4.40. The molecule has 3 rings (SSSR count). The van der Waals surface area contributed by atoms with Crippen LogP contribution < -0.4 is 10.1 Å². The Balaban J connectivity index is 1.74. The standard InChI is InChI=1S/C20H15BrCl2FNO/c21-15-5-6-20(26-12-13-3-1-2-4-19(13)24)14(7-15)11-25-18-9-16(22)8-17(23)10-18/h1-10,25H,11-12H2. The van der Waals surface area contributed by atoms with Gasteiger partial charge in [-0.3, -0.25) is 0 Å². The van der Waals surface area contributed by atoms with E-state index in [4.69, 9.17) is 27.9 Å². The van der Waals surface area contributed by atoms with Crippen molar-refractivity contribution in [1.29, 1.82) is 0 Å².